The fraction of sp³-hybridized carbons (Fsp3) is 0.368. The summed E-state index contributed by atoms with van der Waals surface area (Å²) >= 11 is 6.30. The Kier molecular flexibility index (Phi) is 4.17. The highest BCUT2D eigenvalue weighted by atomic mass is 35.5. The number of ether oxygens (including phenoxy) is 2. The zero-order valence-electron chi connectivity index (χ0n) is 15.6. The van der Waals surface area contributed by atoms with Crippen LogP contribution in [0.4, 0.5) is 0 Å². The van der Waals surface area contributed by atoms with E-state index in [-0.39, 0.29) is 6.10 Å². The molecule has 9 heteroatoms. The minimum Gasteiger partial charge on any atom is -0.474 e. The summed E-state index contributed by atoms with van der Waals surface area (Å²) in [4.78, 5) is 9.04. The fourth-order valence-electron chi connectivity index (χ4n) is 3.49. The summed E-state index contributed by atoms with van der Waals surface area (Å²) in [5.41, 5.74) is 3.55. The summed E-state index contributed by atoms with van der Waals surface area (Å²) in [6, 6.07) is 5.74. The van der Waals surface area contributed by atoms with E-state index in [4.69, 9.17) is 21.1 Å². The fourth-order valence-corrected chi connectivity index (χ4v) is 3.66. The number of halogens is 1. The summed E-state index contributed by atoms with van der Waals surface area (Å²) in [5, 5.41) is 9.46. The molecule has 0 atom stereocenters. The van der Waals surface area contributed by atoms with Crippen LogP contribution in [-0.2, 0) is 22.6 Å². The van der Waals surface area contributed by atoms with Crippen LogP contribution in [0.25, 0.3) is 17.1 Å². The molecular formula is C19H19ClN6O2. The van der Waals surface area contributed by atoms with Crippen LogP contribution in [-0.4, -0.2) is 49.5 Å². The van der Waals surface area contributed by atoms with Gasteiger partial charge < -0.3 is 14.0 Å². The number of hydrogen-bond acceptors (Lipinski definition) is 6. The van der Waals surface area contributed by atoms with Gasteiger partial charge in [-0.15, -0.1) is 10.2 Å². The Labute approximate surface area is 166 Å². The van der Waals surface area contributed by atoms with Gasteiger partial charge in [0.25, 0.3) is 0 Å². The van der Waals surface area contributed by atoms with Gasteiger partial charge in [-0.2, -0.15) is 0 Å². The molecule has 8 nitrogen and oxygen atoms in total. The maximum Gasteiger partial charge on any atom is 0.237 e. The SMILES string of the molecule is CC(C)OCc1nnc2n1Cc1c(C3=NCCO3)ncn1-c1ccc(Cl)cc1-2. The molecule has 1 aromatic carbocycles. The molecule has 0 fully saturated rings. The normalized spacial score (nSPS) is 14.9. The molecule has 0 radical (unpaired) electrons. The van der Waals surface area contributed by atoms with Crippen molar-refractivity contribution < 1.29 is 9.47 Å². The summed E-state index contributed by atoms with van der Waals surface area (Å²) < 4.78 is 15.6. The highest BCUT2D eigenvalue weighted by Gasteiger charge is 2.28. The van der Waals surface area contributed by atoms with Crippen LogP contribution in [0, 0.1) is 0 Å². The highest BCUT2D eigenvalue weighted by Crippen LogP contribution is 2.34. The molecule has 0 saturated heterocycles. The third-order valence-electron chi connectivity index (χ3n) is 4.79. The minimum atomic E-state index is 0.0998. The number of nitrogens with zero attached hydrogens (tertiary/aromatic N) is 6. The van der Waals surface area contributed by atoms with Crippen molar-refractivity contribution in [3.8, 4) is 17.1 Å². The summed E-state index contributed by atoms with van der Waals surface area (Å²) in [7, 11) is 0. The molecule has 0 bridgehead atoms. The van der Waals surface area contributed by atoms with E-state index >= 15 is 0 Å². The molecule has 0 aliphatic carbocycles. The van der Waals surface area contributed by atoms with E-state index in [1.165, 1.54) is 0 Å². The lowest BCUT2D eigenvalue weighted by molar-refractivity contribution is 0.0595. The van der Waals surface area contributed by atoms with Crippen LogP contribution < -0.4 is 0 Å². The van der Waals surface area contributed by atoms with Crippen molar-refractivity contribution in [3.05, 3.63) is 46.8 Å². The monoisotopic (exact) mass is 398 g/mol. The van der Waals surface area contributed by atoms with Crippen molar-refractivity contribution >= 4 is 17.5 Å². The predicted molar refractivity (Wildman–Crippen MR) is 104 cm³/mol. The van der Waals surface area contributed by atoms with Crippen molar-refractivity contribution in [2.24, 2.45) is 4.99 Å². The van der Waals surface area contributed by atoms with Crippen LogP contribution in [0.2, 0.25) is 5.02 Å². The van der Waals surface area contributed by atoms with Gasteiger partial charge in [-0.25, -0.2) is 9.98 Å². The van der Waals surface area contributed by atoms with Crippen LogP contribution >= 0.6 is 11.6 Å². The quantitative estimate of drug-likeness (QED) is 0.528. The number of benzene rings is 1. The summed E-state index contributed by atoms with van der Waals surface area (Å²) in [6.07, 6.45) is 1.90. The van der Waals surface area contributed by atoms with Crippen LogP contribution in [0.5, 0.6) is 0 Å². The first-order chi connectivity index (χ1) is 13.6. The van der Waals surface area contributed by atoms with Gasteiger partial charge in [0.05, 0.1) is 30.6 Å². The molecule has 0 spiro atoms. The van der Waals surface area contributed by atoms with E-state index in [9.17, 15) is 0 Å². The lowest BCUT2D eigenvalue weighted by atomic mass is 10.1. The number of imidazole rings is 1. The standard InChI is InChI=1S/C19H19ClN6O2/c1-11(2)28-9-16-23-24-18-13-7-12(20)3-4-14(13)26-10-22-17(15(26)8-25(16)18)19-21-5-6-27-19/h3-4,7,10-11H,5-6,8-9H2,1-2H3. The van der Waals surface area contributed by atoms with Gasteiger partial charge in [0.15, 0.2) is 11.6 Å². The molecule has 0 amide bonds. The number of hydrogen-bond donors (Lipinski definition) is 0. The zero-order valence-corrected chi connectivity index (χ0v) is 16.3. The Hall–Kier alpha value is -2.71. The molecular weight excluding hydrogens is 380 g/mol. The molecule has 3 aromatic rings. The highest BCUT2D eigenvalue weighted by molar-refractivity contribution is 6.31. The second kappa shape index (κ2) is 6.72. The van der Waals surface area contributed by atoms with E-state index in [2.05, 4.69) is 24.7 Å². The van der Waals surface area contributed by atoms with E-state index in [1.807, 2.05) is 36.6 Å². The largest absolute Gasteiger partial charge is 0.474 e. The molecule has 0 saturated carbocycles. The van der Waals surface area contributed by atoms with E-state index in [1.54, 1.807) is 6.33 Å². The zero-order chi connectivity index (χ0) is 19.3. The molecule has 5 rings (SSSR count). The third-order valence-corrected chi connectivity index (χ3v) is 5.03. The van der Waals surface area contributed by atoms with Gasteiger partial charge in [0.1, 0.15) is 25.2 Å². The van der Waals surface area contributed by atoms with Gasteiger partial charge in [-0.3, -0.25) is 4.57 Å². The minimum absolute atomic E-state index is 0.0998. The second-order valence-corrected chi connectivity index (χ2v) is 7.43. The number of rotatable bonds is 4. The maximum absolute atomic E-state index is 6.30. The van der Waals surface area contributed by atoms with Gasteiger partial charge in [-0.05, 0) is 32.0 Å². The van der Waals surface area contributed by atoms with Crippen molar-refractivity contribution in [2.75, 3.05) is 13.2 Å². The topological polar surface area (TPSA) is 79.3 Å². The smallest absolute Gasteiger partial charge is 0.237 e. The molecule has 2 aliphatic rings. The Morgan fingerprint density at radius 2 is 2.18 bits per heavy atom. The molecule has 2 aliphatic heterocycles. The lowest BCUT2D eigenvalue weighted by Gasteiger charge is -2.11. The maximum atomic E-state index is 6.30. The van der Waals surface area contributed by atoms with E-state index in [0.717, 1.165) is 34.3 Å². The van der Waals surface area contributed by atoms with Gasteiger partial charge in [0.2, 0.25) is 5.90 Å². The lowest BCUT2D eigenvalue weighted by Crippen LogP contribution is -2.14. The average molecular weight is 399 g/mol. The summed E-state index contributed by atoms with van der Waals surface area (Å²) in [6.45, 7) is 6.14. The number of aromatic nitrogens is 5. The molecule has 4 heterocycles. The number of aliphatic imine (C=N–C) groups is 1. The van der Waals surface area contributed by atoms with Crippen LogP contribution in [0.15, 0.2) is 29.5 Å². The van der Waals surface area contributed by atoms with Crippen molar-refractivity contribution in [1.29, 1.82) is 0 Å². The van der Waals surface area contributed by atoms with E-state index in [0.29, 0.717) is 37.2 Å². The van der Waals surface area contributed by atoms with Crippen LogP contribution in [0.1, 0.15) is 31.1 Å². The first-order valence-electron chi connectivity index (χ1n) is 9.19. The Morgan fingerprint density at radius 3 is 2.96 bits per heavy atom. The van der Waals surface area contributed by atoms with Crippen molar-refractivity contribution in [3.63, 3.8) is 0 Å². The first-order valence-corrected chi connectivity index (χ1v) is 9.57. The number of fused-ring (bicyclic) bond motifs is 5. The Morgan fingerprint density at radius 1 is 1.29 bits per heavy atom. The van der Waals surface area contributed by atoms with Crippen molar-refractivity contribution in [2.45, 2.75) is 33.1 Å². The molecule has 28 heavy (non-hydrogen) atoms. The molecule has 0 unspecified atom stereocenters. The van der Waals surface area contributed by atoms with Gasteiger partial charge in [0, 0.05) is 10.6 Å². The third kappa shape index (κ3) is 2.80. The van der Waals surface area contributed by atoms with Crippen molar-refractivity contribution in [1.82, 2.24) is 24.3 Å². The first kappa shape index (κ1) is 17.4. The molecule has 144 valence electrons. The average Bonchev–Trinajstić information content (AvgIpc) is 3.39. The van der Waals surface area contributed by atoms with E-state index < -0.39 is 0 Å². The van der Waals surface area contributed by atoms with Gasteiger partial charge >= 0.3 is 0 Å². The molecule has 2 aromatic heterocycles. The Balaban J connectivity index is 1.70. The van der Waals surface area contributed by atoms with Crippen LogP contribution in [0.3, 0.4) is 0 Å². The predicted octanol–water partition coefficient (Wildman–Crippen LogP) is 2.85. The Bertz CT molecular complexity index is 1080. The second-order valence-electron chi connectivity index (χ2n) is 6.99. The van der Waals surface area contributed by atoms with Gasteiger partial charge in [-0.1, -0.05) is 11.6 Å². The molecule has 0 N–H and O–H groups in total. The summed E-state index contributed by atoms with van der Waals surface area (Å²) in [5.74, 6) is 2.09.